The molecule has 8 heteroatoms. The number of anilines is 1. The number of carboxylic acids is 1. The summed E-state index contributed by atoms with van der Waals surface area (Å²) in [7, 11) is 0. The van der Waals surface area contributed by atoms with Crippen LogP contribution in [0.2, 0.25) is 10.0 Å². The number of halogens is 2. The highest BCUT2D eigenvalue weighted by atomic mass is 35.5. The molecule has 2 fully saturated rings. The summed E-state index contributed by atoms with van der Waals surface area (Å²) in [4.78, 5) is 13.8. The normalized spacial score (nSPS) is 23.9. The fourth-order valence-electron chi connectivity index (χ4n) is 5.43. The first kappa shape index (κ1) is 22.5. The van der Waals surface area contributed by atoms with Crippen molar-refractivity contribution in [1.29, 1.82) is 0 Å². The topological polar surface area (TPSA) is 71.2 Å². The number of hydrogen-bond donors (Lipinski definition) is 1. The van der Waals surface area contributed by atoms with Gasteiger partial charge in [0.15, 0.2) is 0 Å². The number of benzene rings is 2. The molecule has 1 saturated carbocycles. The van der Waals surface area contributed by atoms with Crippen LogP contribution in [0.15, 0.2) is 30.3 Å². The van der Waals surface area contributed by atoms with Crippen LogP contribution in [0.3, 0.4) is 0 Å². The number of carbonyl (C=O) groups is 1. The van der Waals surface area contributed by atoms with Crippen molar-refractivity contribution in [3.63, 3.8) is 0 Å². The van der Waals surface area contributed by atoms with Gasteiger partial charge in [-0.2, -0.15) is 0 Å². The molecule has 1 saturated heterocycles. The first-order valence-electron chi connectivity index (χ1n) is 11.5. The predicted octanol–water partition coefficient (Wildman–Crippen LogP) is 5.85. The van der Waals surface area contributed by atoms with E-state index in [9.17, 15) is 9.90 Å². The maximum atomic E-state index is 11.4. The Labute approximate surface area is 203 Å². The molecule has 0 radical (unpaired) electrons. The minimum Gasteiger partial charge on any atom is -0.481 e. The van der Waals surface area contributed by atoms with Gasteiger partial charge in [0, 0.05) is 28.8 Å². The summed E-state index contributed by atoms with van der Waals surface area (Å²) < 4.78 is 1.94. The largest absolute Gasteiger partial charge is 0.481 e. The van der Waals surface area contributed by atoms with Gasteiger partial charge < -0.3 is 10.0 Å². The molecule has 2 aromatic carbocycles. The van der Waals surface area contributed by atoms with Gasteiger partial charge in [-0.25, -0.2) is 4.68 Å². The van der Waals surface area contributed by atoms with Crippen molar-refractivity contribution >= 4 is 45.9 Å². The number of nitrogens with zero attached hydrogens (tertiary/aromatic N) is 4. The van der Waals surface area contributed by atoms with Gasteiger partial charge in [-0.15, -0.1) is 5.10 Å². The third kappa shape index (κ3) is 3.77. The van der Waals surface area contributed by atoms with Crippen LogP contribution in [-0.2, 0) is 11.2 Å². The van der Waals surface area contributed by atoms with Gasteiger partial charge in [-0.1, -0.05) is 41.4 Å². The van der Waals surface area contributed by atoms with E-state index >= 15 is 0 Å². The molecule has 1 aliphatic carbocycles. The van der Waals surface area contributed by atoms with Gasteiger partial charge in [0.1, 0.15) is 5.52 Å². The smallest absolute Gasteiger partial charge is 0.309 e. The van der Waals surface area contributed by atoms with Gasteiger partial charge in [-0.3, -0.25) is 4.79 Å². The van der Waals surface area contributed by atoms with E-state index in [1.807, 2.05) is 23.7 Å². The number of carboxylic acid groups (broad SMARTS) is 1. The average molecular weight is 487 g/mol. The molecule has 0 spiro atoms. The number of rotatable bonds is 6. The van der Waals surface area contributed by atoms with Crippen LogP contribution in [0.5, 0.6) is 0 Å². The molecule has 1 N–H and O–H groups in total. The summed E-state index contributed by atoms with van der Waals surface area (Å²) >= 11 is 12.6. The quantitative estimate of drug-likeness (QED) is 0.473. The molecule has 6 nitrogen and oxygen atoms in total. The lowest BCUT2D eigenvalue weighted by atomic mass is 9.58. The van der Waals surface area contributed by atoms with E-state index in [4.69, 9.17) is 23.2 Å². The van der Waals surface area contributed by atoms with Crippen molar-refractivity contribution in [3.8, 4) is 0 Å². The first-order valence-corrected chi connectivity index (χ1v) is 12.3. The third-order valence-electron chi connectivity index (χ3n) is 7.69. The standard InChI is InChI=1S/C25H28Cl2N4O2/c1-4-15-7-19(30-12-17(13-30)16-10-25(3,11-16)24(32)33)9-22-23(15)28-29-31(22)14(2)20-6-5-18(26)8-21(20)27/h5-9,14,16-17H,4,10-13H2,1-3H3,(H,32,33). The van der Waals surface area contributed by atoms with Crippen molar-refractivity contribution in [2.45, 2.75) is 46.1 Å². The summed E-state index contributed by atoms with van der Waals surface area (Å²) in [6.07, 6.45) is 2.45. The lowest BCUT2D eigenvalue weighted by molar-refractivity contribution is -0.158. The van der Waals surface area contributed by atoms with Crippen LogP contribution in [0.25, 0.3) is 11.0 Å². The summed E-state index contributed by atoms with van der Waals surface area (Å²) in [5.74, 6) is 0.410. The molecule has 1 aromatic heterocycles. The van der Waals surface area contributed by atoms with E-state index in [1.54, 1.807) is 6.07 Å². The van der Waals surface area contributed by atoms with Crippen LogP contribution in [0.1, 0.15) is 50.8 Å². The van der Waals surface area contributed by atoms with E-state index in [0.29, 0.717) is 21.9 Å². The monoisotopic (exact) mass is 486 g/mol. The molecule has 1 aliphatic heterocycles. The fraction of sp³-hybridized carbons (Fsp3) is 0.480. The van der Waals surface area contributed by atoms with Crippen molar-refractivity contribution in [1.82, 2.24) is 15.0 Å². The summed E-state index contributed by atoms with van der Waals surface area (Å²) in [5.41, 5.74) is 4.69. The van der Waals surface area contributed by atoms with Crippen LogP contribution in [0, 0.1) is 17.3 Å². The Morgan fingerprint density at radius 1 is 1.21 bits per heavy atom. The van der Waals surface area contributed by atoms with E-state index < -0.39 is 11.4 Å². The lowest BCUT2D eigenvalue weighted by Crippen LogP contribution is -2.56. The highest BCUT2D eigenvalue weighted by Gasteiger charge is 2.51. The molecule has 2 aliphatic rings. The Bertz CT molecular complexity index is 1230. The van der Waals surface area contributed by atoms with Crippen LogP contribution < -0.4 is 4.90 Å². The van der Waals surface area contributed by atoms with Gasteiger partial charge in [-0.05, 0) is 80.3 Å². The Kier molecular flexibility index (Phi) is 5.57. The fourth-order valence-corrected chi connectivity index (χ4v) is 6.00. The number of aryl methyl sites for hydroxylation is 1. The summed E-state index contributed by atoms with van der Waals surface area (Å²) in [6.45, 7) is 8.00. The number of aliphatic carboxylic acids is 1. The van der Waals surface area contributed by atoms with Gasteiger partial charge >= 0.3 is 5.97 Å². The highest BCUT2D eigenvalue weighted by Crippen LogP contribution is 2.51. The molecule has 174 valence electrons. The van der Waals surface area contributed by atoms with Crippen LogP contribution in [-0.4, -0.2) is 39.2 Å². The molecule has 0 amide bonds. The number of fused-ring (bicyclic) bond motifs is 1. The predicted molar refractivity (Wildman–Crippen MR) is 131 cm³/mol. The molecular weight excluding hydrogens is 459 g/mol. The molecule has 33 heavy (non-hydrogen) atoms. The first-order chi connectivity index (χ1) is 15.7. The zero-order valence-electron chi connectivity index (χ0n) is 19.1. The Morgan fingerprint density at radius 3 is 2.58 bits per heavy atom. The second-order valence-corrected chi connectivity index (χ2v) is 10.7. The molecule has 1 unspecified atom stereocenters. The van der Waals surface area contributed by atoms with Crippen molar-refractivity contribution in [2.24, 2.45) is 17.3 Å². The second-order valence-electron chi connectivity index (χ2n) is 9.90. The van der Waals surface area contributed by atoms with Crippen molar-refractivity contribution in [2.75, 3.05) is 18.0 Å². The summed E-state index contributed by atoms with van der Waals surface area (Å²) in [5, 5.41) is 19.6. The Balaban J connectivity index is 1.39. The maximum Gasteiger partial charge on any atom is 0.309 e. The zero-order valence-corrected chi connectivity index (χ0v) is 20.6. The van der Waals surface area contributed by atoms with Crippen molar-refractivity contribution < 1.29 is 9.90 Å². The Morgan fingerprint density at radius 2 is 1.94 bits per heavy atom. The van der Waals surface area contributed by atoms with E-state index in [1.165, 1.54) is 11.3 Å². The van der Waals surface area contributed by atoms with E-state index in [0.717, 1.165) is 48.9 Å². The molecule has 0 bridgehead atoms. The molecular formula is C25H28Cl2N4O2. The number of aromatic nitrogens is 3. The van der Waals surface area contributed by atoms with Crippen LogP contribution >= 0.6 is 23.2 Å². The SMILES string of the molecule is CCc1cc(N2CC(C3CC(C)(C(=O)O)C3)C2)cc2c1nnn2C(C)c1ccc(Cl)cc1Cl. The third-order valence-corrected chi connectivity index (χ3v) is 8.25. The van der Waals surface area contributed by atoms with E-state index in [-0.39, 0.29) is 6.04 Å². The van der Waals surface area contributed by atoms with Crippen molar-refractivity contribution in [3.05, 3.63) is 51.5 Å². The van der Waals surface area contributed by atoms with E-state index in [2.05, 4.69) is 41.2 Å². The zero-order chi connectivity index (χ0) is 23.5. The minimum absolute atomic E-state index is 0.0902. The van der Waals surface area contributed by atoms with Gasteiger partial charge in [0.25, 0.3) is 0 Å². The average Bonchev–Trinajstić information content (AvgIpc) is 3.14. The number of hydrogen-bond acceptors (Lipinski definition) is 4. The lowest BCUT2D eigenvalue weighted by Gasteiger charge is -2.52. The minimum atomic E-state index is -0.663. The molecule has 2 heterocycles. The second kappa shape index (κ2) is 8.17. The molecule has 1 atom stereocenters. The Hall–Kier alpha value is -2.31. The van der Waals surface area contributed by atoms with Crippen LogP contribution in [0.4, 0.5) is 5.69 Å². The maximum absolute atomic E-state index is 11.4. The summed E-state index contributed by atoms with van der Waals surface area (Å²) in [6, 6.07) is 9.85. The highest BCUT2D eigenvalue weighted by molar-refractivity contribution is 6.35. The van der Waals surface area contributed by atoms with Gasteiger partial charge in [0.2, 0.25) is 0 Å². The molecule has 3 aromatic rings. The molecule has 5 rings (SSSR count). The van der Waals surface area contributed by atoms with Gasteiger partial charge in [0.05, 0.1) is 17.0 Å².